The number of hydrogen-bond acceptors (Lipinski definition) is 28. The van der Waals surface area contributed by atoms with E-state index in [1.807, 2.05) is 0 Å². The summed E-state index contributed by atoms with van der Waals surface area (Å²) in [4.78, 5) is 32.9. The average molecular weight is 1520 g/mol. The van der Waals surface area contributed by atoms with Crippen molar-refractivity contribution in [3.8, 4) is 0 Å². The van der Waals surface area contributed by atoms with Gasteiger partial charge in [0, 0.05) is 26.2 Å². The van der Waals surface area contributed by atoms with Gasteiger partial charge in [-0.2, -0.15) is 26.8 Å². The van der Waals surface area contributed by atoms with Crippen molar-refractivity contribution in [2.75, 3.05) is 22.9 Å². The standard InChI is InChI=1S/C52H50N14O20S6.6Na/c53-45(67)21-23-65(29-31-7-3-1-4-8-31)51-61-47(59-49(63-51)57-39-27-37(87(69,70)71)17-19-41(39)89(75,76)77)55-35-15-13-33(43(25-35)91(81,82)83)11-12-34-14-16-36(26-44(34)92(84,85)86)56-48-60-50(58-40-28-38(88(72,73)74)18-20-42(40)90(78,79)80)64-52(62-48)66(24-22-46(54)68)30-32-9-5-2-6-10-32;;;;;;/h1-20,25-28H,21-24,29-30H2,(H2,53,67)(H2,54,68)(H,69,70,71)(H,72,73,74)(H,75,76,77)(H,78,79,80)(H,81,82,83)(H,84,85,86)(H2,55,57,59,61,63)(H2,56,58,60,62,64);;;;;;/q;6*+1/p-6/b12-11+;;;;;;. The minimum absolute atomic E-state index is 0. The number of nitrogens with one attached hydrogen (secondary N) is 6. The van der Waals surface area contributed by atoms with Crippen molar-refractivity contribution < 1.29 is 265 Å². The number of rotatable bonds is 24. The van der Waals surface area contributed by atoms with Gasteiger partial charge in [-0.25, -0.2) is 53.6 Å². The predicted molar refractivity (Wildman–Crippen MR) is 313 cm³/mol. The zero-order valence-electron chi connectivity index (χ0n) is 52.4. The zero-order chi connectivity index (χ0) is 67.1. The second kappa shape index (κ2) is 38.2. The maximum Gasteiger partial charge on any atom is 1.00 e. The SMILES string of the molecule is N=C([O-])CCN(Cc1ccccc1)c1nc(=Nc2ccc(/C=C/c3ccc(N=c4nc(N(CCC(=N)[O-])Cc5ccccc5)[nH]c(=Nc5cc(S(=O)(=O)[O-])ccc5S(=O)(=O)[O-])[nH]4)cc3S(=O)(=O)O)c(S(=O)(=O)O)c2)[nH]c(=Nc2cc(S(=O)(=O)[O-])ccc2S(=O)(=O)[O-])[nH]1.[Na+].[Na+].[Na+].[Na+].[Na+].[Na+]. The molecule has 0 radical (unpaired) electrons. The molecule has 0 aliphatic heterocycles. The first-order chi connectivity index (χ1) is 43.0. The molecule has 0 unspecified atom stereocenters. The number of aromatic amines is 4. The molecular formula is C52H44N14Na6O20S6. The second-order valence-electron chi connectivity index (χ2n) is 19.1. The largest absolute Gasteiger partial charge is 1.00 e. The Morgan fingerprint density at radius 3 is 1.07 bits per heavy atom. The Kier molecular flexibility index (Phi) is 35.2. The van der Waals surface area contributed by atoms with E-state index in [4.69, 9.17) is 10.8 Å². The summed E-state index contributed by atoms with van der Waals surface area (Å²) in [5.41, 5.74) is -4.08. The molecule has 0 saturated carbocycles. The van der Waals surface area contributed by atoms with E-state index in [9.17, 15) is 88.0 Å². The summed E-state index contributed by atoms with van der Waals surface area (Å²) in [6.07, 6.45) is 1.19. The summed E-state index contributed by atoms with van der Waals surface area (Å²) in [5, 5.41) is 39.0. The molecule has 0 saturated heterocycles. The van der Waals surface area contributed by atoms with Crippen LogP contribution in [-0.4, -0.2) is 133 Å². The molecule has 0 bridgehead atoms. The molecule has 8 rings (SSSR count). The summed E-state index contributed by atoms with van der Waals surface area (Å²) in [5.74, 6) is -2.51. The van der Waals surface area contributed by atoms with Crippen molar-refractivity contribution in [2.24, 2.45) is 20.0 Å². The number of benzene rings is 6. The van der Waals surface area contributed by atoms with Crippen LogP contribution in [0.2, 0.25) is 0 Å². The van der Waals surface area contributed by atoms with Crippen LogP contribution in [0.5, 0.6) is 0 Å². The summed E-state index contributed by atoms with van der Waals surface area (Å²) in [6.45, 7) is -0.553. The first-order valence-corrected chi connectivity index (χ1v) is 34.2. The van der Waals surface area contributed by atoms with Crippen LogP contribution in [0.3, 0.4) is 0 Å². The molecule has 0 amide bonds. The van der Waals surface area contributed by atoms with Crippen LogP contribution in [0.15, 0.2) is 183 Å². The molecule has 98 heavy (non-hydrogen) atoms. The fourth-order valence-corrected chi connectivity index (χ4v) is 12.0. The van der Waals surface area contributed by atoms with E-state index >= 15 is 0 Å². The van der Waals surface area contributed by atoms with Crippen LogP contribution in [0.4, 0.5) is 34.6 Å². The number of aromatic nitrogens is 6. The van der Waals surface area contributed by atoms with Crippen molar-refractivity contribution in [1.82, 2.24) is 29.9 Å². The molecule has 0 aliphatic carbocycles. The van der Waals surface area contributed by atoms with Gasteiger partial charge >= 0.3 is 177 Å². The molecule has 0 fully saturated rings. The molecule has 0 atom stereocenters. The van der Waals surface area contributed by atoms with E-state index in [-0.39, 0.29) is 238 Å². The minimum atomic E-state index is -5.43. The zero-order valence-corrected chi connectivity index (χ0v) is 69.3. The third-order valence-electron chi connectivity index (χ3n) is 12.5. The summed E-state index contributed by atoms with van der Waals surface area (Å²) in [6, 6.07) is 26.1. The number of anilines is 2. The molecule has 46 heteroatoms. The van der Waals surface area contributed by atoms with Crippen molar-refractivity contribution in [3.63, 3.8) is 0 Å². The Labute approximate surface area is 691 Å². The quantitative estimate of drug-likeness (QED) is 0.00915. The summed E-state index contributed by atoms with van der Waals surface area (Å²) >= 11 is 0. The van der Waals surface area contributed by atoms with Crippen LogP contribution in [0, 0.1) is 10.8 Å². The minimum Gasteiger partial charge on any atom is -0.862 e. The van der Waals surface area contributed by atoms with E-state index < -0.39 is 149 Å². The number of hydrogen-bond donors (Lipinski definition) is 8. The van der Waals surface area contributed by atoms with Gasteiger partial charge in [0.15, 0.2) is 0 Å². The van der Waals surface area contributed by atoms with Gasteiger partial charge in [-0.05, 0) is 108 Å². The van der Waals surface area contributed by atoms with Crippen LogP contribution in [-0.2, 0) is 73.8 Å². The molecule has 484 valence electrons. The molecular weight excluding hydrogens is 1470 g/mol. The van der Waals surface area contributed by atoms with Crippen LogP contribution in [0.1, 0.15) is 35.1 Å². The van der Waals surface area contributed by atoms with Gasteiger partial charge in [0.05, 0.1) is 42.3 Å². The van der Waals surface area contributed by atoms with Crippen LogP contribution >= 0.6 is 0 Å². The van der Waals surface area contributed by atoms with E-state index in [1.54, 1.807) is 60.7 Å². The Hall–Kier alpha value is -3.72. The van der Waals surface area contributed by atoms with E-state index in [1.165, 1.54) is 9.80 Å². The van der Waals surface area contributed by atoms with Crippen LogP contribution < -0.4 is 220 Å². The van der Waals surface area contributed by atoms with Gasteiger partial charge in [0.25, 0.3) is 20.2 Å². The molecule has 0 spiro atoms. The molecule has 0 aliphatic rings. The molecule has 6 aromatic carbocycles. The Morgan fingerprint density at radius 1 is 0.439 bits per heavy atom. The van der Waals surface area contributed by atoms with Crippen molar-refractivity contribution in [2.45, 2.75) is 55.3 Å². The number of nitrogens with zero attached hydrogens (tertiary/aromatic N) is 8. The van der Waals surface area contributed by atoms with Gasteiger partial charge in [-0.3, -0.25) is 29.0 Å². The van der Waals surface area contributed by atoms with Crippen molar-refractivity contribution in [1.29, 1.82) is 10.8 Å². The fourth-order valence-electron chi connectivity index (χ4n) is 8.39. The smallest absolute Gasteiger partial charge is 0.862 e. The van der Waals surface area contributed by atoms with Crippen LogP contribution in [0.25, 0.3) is 12.2 Å². The molecule has 34 nitrogen and oxygen atoms in total. The van der Waals surface area contributed by atoms with Gasteiger partial charge in [-0.1, -0.05) is 84.9 Å². The Bertz CT molecular complexity index is 4980. The second-order valence-corrected chi connectivity index (χ2v) is 27.4. The Balaban J connectivity index is 0.00000544. The first kappa shape index (κ1) is 90.4. The normalized spacial score (nSPS) is 12.6. The van der Waals surface area contributed by atoms with Gasteiger partial charge in [0.2, 0.25) is 34.4 Å². The van der Waals surface area contributed by atoms with Crippen molar-refractivity contribution >= 4 is 119 Å². The third-order valence-corrected chi connectivity index (χ3v) is 17.7. The third kappa shape index (κ3) is 26.2. The molecule has 8 aromatic rings. The molecule has 2 heterocycles. The predicted octanol–water partition coefficient (Wildman–Crippen LogP) is -17.5. The summed E-state index contributed by atoms with van der Waals surface area (Å²) < 4.78 is 219. The fraction of sp³-hybridized carbons (Fsp3) is 0.115. The first-order valence-electron chi connectivity index (χ1n) is 25.7. The summed E-state index contributed by atoms with van der Waals surface area (Å²) in [7, 11) is -32.0. The Morgan fingerprint density at radius 2 is 0.776 bits per heavy atom. The van der Waals surface area contributed by atoms with E-state index in [2.05, 4.69) is 49.9 Å². The topological polar surface area (TPSA) is 576 Å². The van der Waals surface area contributed by atoms with E-state index in [0.717, 1.165) is 48.6 Å². The van der Waals surface area contributed by atoms with Crippen molar-refractivity contribution in [3.05, 3.63) is 178 Å². The van der Waals surface area contributed by atoms with Gasteiger partial charge < -0.3 is 49.0 Å². The number of H-pyrrole nitrogens is 4. The molecule has 2 aromatic heterocycles. The van der Waals surface area contributed by atoms with E-state index in [0.29, 0.717) is 47.5 Å². The monoisotopic (exact) mass is 1510 g/mol. The maximum atomic E-state index is 13.1. The maximum absolute atomic E-state index is 13.1. The molecule has 8 N–H and O–H groups in total. The average Bonchev–Trinajstić information content (AvgIpc) is 0.802. The van der Waals surface area contributed by atoms with Gasteiger partial charge in [0.1, 0.15) is 50.3 Å². The van der Waals surface area contributed by atoms with Gasteiger partial charge in [-0.15, -0.1) is 0 Å².